The maximum Gasteiger partial charge on any atom is 0.328 e. The molecule has 13 heteroatoms. The summed E-state index contributed by atoms with van der Waals surface area (Å²) in [5.74, 6) is 0.118. The third-order valence-corrected chi connectivity index (χ3v) is 6.08. The number of aliphatic imine (C=N–C) groups is 2. The molecule has 1 saturated heterocycles. The number of imidazole rings is 1. The van der Waals surface area contributed by atoms with Crippen molar-refractivity contribution >= 4 is 47.1 Å². The van der Waals surface area contributed by atoms with E-state index in [0.717, 1.165) is 0 Å². The highest BCUT2D eigenvalue weighted by Crippen LogP contribution is 2.33. The van der Waals surface area contributed by atoms with Gasteiger partial charge in [0.05, 0.1) is 12.4 Å². The summed E-state index contributed by atoms with van der Waals surface area (Å²) in [6.07, 6.45) is 3.97. The zero-order valence-electron chi connectivity index (χ0n) is 17.6. The van der Waals surface area contributed by atoms with Gasteiger partial charge in [-0.15, -0.1) is 0 Å². The average Bonchev–Trinajstić information content (AvgIpc) is 3.32. The molecule has 12 nitrogen and oxygen atoms in total. The normalized spacial score (nSPS) is 24.7. The molecule has 5 N–H and O–H groups in total. The Morgan fingerprint density at radius 1 is 1.31 bits per heavy atom. The van der Waals surface area contributed by atoms with Gasteiger partial charge < -0.3 is 30.8 Å². The second-order valence-electron chi connectivity index (χ2n) is 7.20. The number of nitrogen functional groups attached to an aromatic ring is 1. The van der Waals surface area contributed by atoms with Gasteiger partial charge in [0.1, 0.15) is 30.1 Å². The second-order valence-corrected chi connectivity index (χ2v) is 8.35. The summed E-state index contributed by atoms with van der Waals surface area (Å²) < 4.78 is 7.40. The predicted octanol–water partition coefficient (Wildman–Crippen LogP) is 0.156. The van der Waals surface area contributed by atoms with Crippen LogP contribution in [-0.4, -0.2) is 96.1 Å². The van der Waals surface area contributed by atoms with Crippen LogP contribution in [0.3, 0.4) is 0 Å². The minimum atomic E-state index is -1.18. The zero-order chi connectivity index (χ0) is 23.1. The number of aliphatic hydroxyl groups excluding tert-OH is 2. The fraction of sp³-hybridized carbons (Fsp3) is 0.579. The van der Waals surface area contributed by atoms with E-state index in [1.165, 1.54) is 29.0 Å². The lowest BCUT2D eigenvalue weighted by Gasteiger charge is -2.16. The number of carbonyl (C=O) groups is 1. The van der Waals surface area contributed by atoms with Crippen LogP contribution in [0.25, 0.3) is 11.2 Å². The number of carboxylic acids is 1. The predicted molar refractivity (Wildman–Crippen MR) is 121 cm³/mol. The number of thioether (sulfide) groups is 1. The van der Waals surface area contributed by atoms with E-state index < -0.39 is 36.6 Å². The largest absolute Gasteiger partial charge is 0.480 e. The highest BCUT2D eigenvalue weighted by Gasteiger charge is 2.44. The molecule has 2 aromatic rings. The van der Waals surface area contributed by atoms with Gasteiger partial charge >= 0.3 is 5.97 Å². The Labute approximate surface area is 188 Å². The van der Waals surface area contributed by atoms with Gasteiger partial charge in [0.25, 0.3) is 0 Å². The molecule has 1 aliphatic rings. The van der Waals surface area contributed by atoms with Crippen molar-refractivity contribution in [3.63, 3.8) is 0 Å². The monoisotopic (exact) mass is 465 g/mol. The van der Waals surface area contributed by atoms with E-state index in [-0.39, 0.29) is 5.82 Å². The first-order valence-corrected chi connectivity index (χ1v) is 11.3. The molecule has 1 aliphatic heterocycles. The average molecular weight is 466 g/mol. The summed E-state index contributed by atoms with van der Waals surface area (Å²) >= 11 is 1.43. The van der Waals surface area contributed by atoms with Crippen molar-refractivity contribution in [3.8, 4) is 0 Å². The Hall–Kier alpha value is -2.61. The van der Waals surface area contributed by atoms with Gasteiger partial charge in [0, 0.05) is 19.0 Å². The number of anilines is 1. The molecule has 32 heavy (non-hydrogen) atoms. The topological polar surface area (TPSA) is 181 Å². The van der Waals surface area contributed by atoms with Crippen molar-refractivity contribution in [2.45, 2.75) is 49.8 Å². The summed E-state index contributed by atoms with van der Waals surface area (Å²) in [5, 5.41) is 30.3. The van der Waals surface area contributed by atoms with Crippen LogP contribution in [0.5, 0.6) is 0 Å². The van der Waals surface area contributed by atoms with Crippen molar-refractivity contribution in [1.29, 1.82) is 0 Å². The van der Waals surface area contributed by atoms with E-state index >= 15 is 0 Å². The van der Waals surface area contributed by atoms with Gasteiger partial charge in [-0.2, -0.15) is 11.8 Å². The maximum absolute atomic E-state index is 11.4. The number of ether oxygens (including phenoxy) is 1. The first-order valence-electron chi connectivity index (χ1n) is 10.1. The SMILES string of the molecule is CN=CCC/C=N/[C@@H](CCSC[C@H]1O[C@@H](n2cnc3c(N)ncnc32)[C@H](O)[C@@H]1O)C(=O)O. The van der Waals surface area contributed by atoms with E-state index in [2.05, 4.69) is 24.9 Å². The van der Waals surface area contributed by atoms with Crippen molar-refractivity contribution in [3.05, 3.63) is 12.7 Å². The highest BCUT2D eigenvalue weighted by molar-refractivity contribution is 7.99. The number of hydrogen-bond donors (Lipinski definition) is 4. The molecule has 3 rings (SSSR count). The van der Waals surface area contributed by atoms with Gasteiger partial charge in [-0.1, -0.05) is 0 Å². The van der Waals surface area contributed by atoms with Gasteiger partial charge in [0.2, 0.25) is 0 Å². The summed E-state index contributed by atoms with van der Waals surface area (Å²) in [5.41, 5.74) is 6.58. The molecule has 0 radical (unpaired) electrons. The molecule has 0 amide bonds. The van der Waals surface area contributed by atoms with Gasteiger partial charge in [0.15, 0.2) is 17.7 Å². The van der Waals surface area contributed by atoms with Gasteiger partial charge in [-0.05, 0) is 31.2 Å². The molecular weight excluding hydrogens is 438 g/mol. The van der Waals surface area contributed by atoms with E-state index in [4.69, 9.17) is 10.5 Å². The van der Waals surface area contributed by atoms with Crippen LogP contribution < -0.4 is 5.73 Å². The molecule has 0 aromatic carbocycles. The lowest BCUT2D eigenvalue weighted by molar-refractivity contribution is -0.138. The molecule has 3 heterocycles. The summed E-state index contributed by atoms with van der Waals surface area (Å²) in [6, 6.07) is -0.823. The molecule has 1 fully saturated rings. The standard InChI is InChI=1S/C19H27N7O5S/c1-21-5-2-3-6-22-11(19(29)30)4-7-32-8-12-14(27)15(28)18(31-12)26-10-25-13-16(20)23-9-24-17(13)26/h5-6,9-12,14-15,18,27-28H,2-4,7-8H2,1H3,(H,29,30)(H2,20,23,24)/b21-5?,22-6+/t11-,12+,14+,15+,18+/m0/s1. The van der Waals surface area contributed by atoms with Crippen molar-refractivity contribution in [1.82, 2.24) is 19.5 Å². The molecule has 174 valence electrons. The second kappa shape index (κ2) is 11.3. The number of aliphatic hydroxyl groups is 2. The fourth-order valence-electron chi connectivity index (χ4n) is 3.29. The Kier molecular flexibility index (Phi) is 8.50. The van der Waals surface area contributed by atoms with Crippen LogP contribution in [0.15, 0.2) is 22.6 Å². The maximum atomic E-state index is 11.4. The van der Waals surface area contributed by atoms with Crippen LogP contribution in [0.1, 0.15) is 25.5 Å². The van der Waals surface area contributed by atoms with Crippen LogP contribution >= 0.6 is 11.8 Å². The first kappa shape index (κ1) is 24.0. The smallest absolute Gasteiger partial charge is 0.328 e. The molecule has 2 aromatic heterocycles. The summed E-state index contributed by atoms with van der Waals surface area (Å²) in [7, 11) is 1.68. The first-order chi connectivity index (χ1) is 15.4. The van der Waals surface area contributed by atoms with Crippen molar-refractivity contribution < 1.29 is 24.9 Å². The van der Waals surface area contributed by atoms with E-state index in [0.29, 0.717) is 41.9 Å². The lowest BCUT2D eigenvalue weighted by atomic mass is 10.1. The number of nitrogens with two attached hydrogens (primary N) is 1. The number of hydrogen-bond acceptors (Lipinski definition) is 11. The van der Waals surface area contributed by atoms with Crippen LogP contribution in [0.2, 0.25) is 0 Å². The Bertz CT molecular complexity index is 969. The molecule has 0 aliphatic carbocycles. The number of rotatable bonds is 11. The summed E-state index contributed by atoms with van der Waals surface area (Å²) in [6.45, 7) is 0. The molecule has 0 unspecified atom stereocenters. The number of unbranched alkanes of at least 4 members (excludes halogenated alkanes) is 1. The number of nitrogens with zero attached hydrogens (tertiary/aromatic N) is 6. The van der Waals surface area contributed by atoms with E-state index in [1.54, 1.807) is 19.5 Å². The van der Waals surface area contributed by atoms with Crippen LogP contribution in [0, 0.1) is 0 Å². The number of carboxylic acid groups (broad SMARTS) is 1. The van der Waals surface area contributed by atoms with Crippen LogP contribution in [-0.2, 0) is 9.53 Å². The van der Waals surface area contributed by atoms with Crippen LogP contribution in [0.4, 0.5) is 5.82 Å². The lowest BCUT2D eigenvalue weighted by Crippen LogP contribution is -2.32. The minimum absolute atomic E-state index is 0.211. The molecule has 0 saturated carbocycles. The van der Waals surface area contributed by atoms with Gasteiger partial charge in [-0.25, -0.2) is 19.7 Å². The number of fused-ring (bicyclic) bond motifs is 1. The molecule has 5 atom stereocenters. The number of aliphatic carboxylic acids is 1. The van der Waals surface area contributed by atoms with E-state index in [1.807, 2.05) is 0 Å². The Balaban J connectivity index is 1.52. The molecule has 0 spiro atoms. The van der Waals surface area contributed by atoms with Crippen molar-refractivity contribution in [2.75, 3.05) is 24.3 Å². The quantitative estimate of drug-likeness (QED) is 0.263. The molecular formula is C19H27N7O5S. The summed E-state index contributed by atoms with van der Waals surface area (Å²) in [4.78, 5) is 31.6. The Morgan fingerprint density at radius 3 is 2.84 bits per heavy atom. The Morgan fingerprint density at radius 2 is 2.09 bits per heavy atom. The highest BCUT2D eigenvalue weighted by atomic mass is 32.2. The third-order valence-electron chi connectivity index (χ3n) is 4.99. The molecule has 0 bridgehead atoms. The number of aromatic nitrogens is 4. The van der Waals surface area contributed by atoms with Gasteiger partial charge in [-0.3, -0.25) is 9.56 Å². The van der Waals surface area contributed by atoms with Crippen molar-refractivity contribution in [2.24, 2.45) is 9.98 Å². The third kappa shape index (κ3) is 5.59. The zero-order valence-corrected chi connectivity index (χ0v) is 18.4. The van der Waals surface area contributed by atoms with E-state index in [9.17, 15) is 20.1 Å². The minimum Gasteiger partial charge on any atom is -0.480 e. The fourth-order valence-corrected chi connectivity index (χ4v) is 4.35.